The summed E-state index contributed by atoms with van der Waals surface area (Å²) in [5, 5.41) is 5.24. The van der Waals surface area contributed by atoms with E-state index in [0.717, 1.165) is 4.90 Å². The van der Waals surface area contributed by atoms with Crippen molar-refractivity contribution in [3.8, 4) is 0 Å². The third-order valence-corrected chi connectivity index (χ3v) is 6.99. The van der Waals surface area contributed by atoms with Crippen molar-refractivity contribution in [2.24, 2.45) is 0 Å². The SMILES string of the molecule is CCOC(=O)c1cccc(NC(=O)CCS(=O)(=O)c2ccc3c(c2)NC(=O)CS3)c1. The van der Waals surface area contributed by atoms with Crippen molar-refractivity contribution in [1.82, 2.24) is 0 Å². The maximum absolute atomic E-state index is 12.6. The number of anilines is 2. The molecule has 0 saturated carbocycles. The summed E-state index contributed by atoms with van der Waals surface area (Å²) in [7, 11) is -3.72. The molecule has 0 spiro atoms. The Bertz CT molecular complexity index is 1100. The Balaban J connectivity index is 1.63. The van der Waals surface area contributed by atoms with Crippen LogP contribution in [-0.2, 0) is 24.2 Å². The number of carbonyl (C=O) groups excluding carboxylic acids is 3. The van der Waals surface area contributed by atoms with Crippen LogP contribution in [-0.4, -0.2) is 44.3 Å². The van der Waals surface area contributed by atoms with Crippen LogP contribution in [0.1, 0.15) is 23.7 Å². The number of esters is 1. The van der Waals surface area contributed by atoms with Crippen molar-refractivity contribution in [2.45, 2.75) is 23.1 Å². The van der Waals surface area contributed by atoms with Crippen molar-refractivity contribution >= 4 is 50.8 Å². The van der Waals surface area contributed by atoms with E-state index in [1.807, 2.05) is 0 Å². The summed E-state index contributed by atoms with van der Waals surface area (Å²) in [6.07, 6.45) is -0.260. The predicted molar refractivity (Wildman–Crippen MR) is 113 cm³/mol. The van der Waals surface area contributed by atoms with Gasteiger partial charge in [0, 0.05) is 17.0 Å². The smallest absolute Gasteiger partial charge is 0.338 e. The first-order chi connectivity index (χ1) is 14.3. The van der Waals surface area contributed by atoms with Crippen molar-refractivity contribution < 1.29 is 27.5 Å². The van der Waals surface area contributed by atoms with E-state index in [9.17, 15) is 22.8 Å². The van der Waals surface area contributed by atoms with Crippen molar-refractivity contribution in [3.05, 3.63) is 48.0 Å². The number of hydrogen-bond donors (Lipinski definition) is 2. The molecular formula is C20H20N2O6S2. The molecule has 1 heterocycles. The van der Waals surface area contributed by atoms with E-state index in [-0.39, 0.29) is 35.1 Å². The van der Waals surface area contributed by atoms with Crippen LogP contribution in [0.5, 0.6) is 0 Å². The molecule has 2 amide bonds. The first kappa shape index (κ1) is 21.8. The Morgan fingerprint density at radius 1 is 1.20 bits per heavy atom. The van der Waals surface area contributed by atoms with E-state index in [0.29, 0.717) is 11.4 Å². The monoisotopic (exact) mass is 448 g/mol. The number of fused-ring (bicyclic) bond motifs is 1. The molecule has 0 aromatic heterocycles. The second kappa shape index (κ2) is 9.31. The van der Waals surface area contributed by atoms with Gasteiger partial charge < -0.3 is 15.4 Å². The Hall–Kier alpha value is -2.85. The summed E-state index contributed by atoms with van der Waals surface area (Å²) in [5.41, 5.74) is 1.12. The molecule has 0 fully saturated rings. The summed E-state index contributed by atoms with van der Waals surface area (Å²) >= 11 is 1.34. The average molecular weight is 449 g/mol. The van der Waals surface area contributed by atoms with Gasteiger partial charge in [-0.1, -0.05) is 6.07 Å². The van der Waals surface area contributed by atoms with Gasteiger partial charge in [-0.2, -0.15) is 0 Å². The molecule has 0 aliphatic carbocycles. The van der Waals surface area contributed by atoms with Crippen LogP contribution in [0.2, 0.25) is 0 Å². The molecule has 2 aromatic rings. The highest BCUT2D eigenvalue weighted by molar-refractivity contribution is 8.00. The van der Waals surface area contributed by atoms with Gasteiger partial charge in [-0.3, -0.25) is 9.59 Å². The Labute approximate surface area is 178 Å². The molecule has 30 heavy (non-hydrogen) atoms. The maximum atomic E-state index is 12.6. The zero-order chi connectivity index (χ0) is 21.7. The van der Waals surface area contributed by atoms with Gasteiger partial charge in [-0.15, -0.1) is 11.8 Å². The second-order valence-electron chi connectivity index (χ2n) is 6.41. The van der Waals surface area contributed by atoms with E-state index in [1.54, 1.807) is 31.2 Å². The van der Waals surface area contributed by atoms with Crippen LogP contribution in [0.15, 0.2) is 52.3 Å². The fourth-order valence-corrected chi connectivity index (χ4v) is 4.81. The van der Waals surface area contributed by atoms with Gasteiger partial charge in [0.05, 0.1) is 34.3 Å². The number of sulfone groups is 1. The summed E-state index contributed by atoms with van der Waals surface area (Å²) in [6, 6.07) is 10.7. The lowest BCUT2D eigenvalue weighted by atomic mass is 10.2. The Morgan fingerprint density at radius 2 is 2.00 bits per heavy atom. The third kappa shape index (κ3) is 5.39. The molecule has 2 N–H and O–H groups in total. The molecule has 158 valence electrons. The highest BCUT2D eigenvalue weighted by Crippen LogP contribution is 2.33. The maximum Gasteiger partial charge on any atom is 0.338 e. The van der Waals surface area contributed by atoms with Crippen LogP contribution < -0.4 is 10.6 Å². The number of hydrogen-bond acceptors (Lipinski definition) is 7. The first-order valence-electron chi connectivity index (χ1n) is 9.15. The molecule has 3 rings (SSSR count). The minimum atomic E-state index is -3.72. The predicted octanol–water partition coefficient (Wildman–Crippen LogP) is 2.71. The largest absolute Gasteiger partial charge is 0.462 e. The molecule has 10 heteroatoms. The number of ether oxygens (including phenoxy) is 1. The van der Waals surface area contributed by atoms with Crippen LogP contribution >= 0.6 is 11.8 Å². The molecule has 0 unspecified atom stereocenters. The summed E-state index contributed by atoms with van der Waals surface area (Å²) in [6.45, 7) is 1.93. The molecule has 0 bridgehead atoms. The highest BCUT2D eigenvalue weighted by atomic mass is 32.2. The van der Waals surface area contributed by atoms with Crippen molar-refractivity contribution in [2.75, 3.05) is 28.7 Å². The molecule has 0 atom stereocenters. The zero-order valence-electron chi connectivity index (χ0n) is 16.1. The molecule has 2 aromatic carbocycles. The Morgan fingerprint density at radius 3 is 2.77 bits per heavy atom. The fourth-order valence-electron chi connectivity index (χ4n) is 2.76. The number of nitrogens with one attached hydrogen (secondary N) is 2. The third-order valence-electron chi connectivity index (χ3n) is 4.20. The van der Waals surface area contributed by atoms with Gasteiger partial charge in [-0.25, -0.2) is 13.2 Å². The zero-order valence-corrected chi connectivity index (χ0v) is 17.8. The average Bonchev–Trinajstić information content (AvgIpc) is 2.72. The van der Waals surface area contributed by atoms with Crippen molar-refractivity contribution in [3.63, 3.8) is 0 Å². The highest BCUT2D eigenvalue weighted by Gasteiger charge is 2.21. The summed E-state index contributed by atoms with van der Waals surface area (Å²) in [5.74, 6) is -1.30. The lowest BCUT2D eigenvalue weighted by molar-refractivity contribution is -0.116. The van der Waals surface area contributed by atoms with Gasteiger partial charge >= 0.3 is 5.97 Å². The lowest BCUT2D eigenvalue weighted by Gasteiger charge is -2.17. The van der Waals surface area contributed by atoms with Crippen LogP contribution in [0, 0.1) is 0 Å². The van der Waals surface area contributed by atoms with E-state index in [4.69, 9.17) is 4.74 Å². The van der Waals surface area contributed by atoms with Crippen molar-refractivity contribution in [1.29, 1.82) is 0 Å². The van der Waals surface area contributed by atoms with E-state index < -0.39 is 27.5 Å². The van der Waals surface area contributed by atoms with Gasteiger partial charge in [-0.05, 0) is 43.3 Å². The Kier molecular flexibility index (Phi) is 6.78. The standard InChI is InChI=1S/C20H20N2O6S2/c1-2-28-20(25)13-4-3-5-14(10-13)21-18(23)8-9-30(26,27)15-6-7-17-16(11-15)22-19(24)12-29-17/h3-7,10-11H,2,8-9,12H2,1H3,(H,21,23)(H,22,24). The van der Waals surface area contributed by atoms with E-state index in [1.165, 1.54) is 30.0 Å². The van der Waals surface area contributed by atoms with E-state index in [2.05, 4.69) is 10.6 Å². The normalized spacial score (nSPS) is 13.2. The van der Waals surface area contributed by atoms with Crippen LogP contribution in [0.3, 0.4) is 0 Å². The minimum absolute atomic E-state index is 0.0427. The molecule has 0 saturated heterocycles. The lowest BCUT2D eigenvalue weighted by Crippen LogP contribution is -2.20. The number of thioether (sulfide) groups is 1. The molecule has 1 aliphatic rings. The van der Waals surface area contributed by atoms with Crippen LogP contribution in [0.4, 0.5) is 11.4 Å². The van der Waals surface area contributed by atoms with Gasteiger partial charge in [0.1, 0.15) is 0 Å². The van der Waals surface area contributed by atoms with Gasteiger partial charge in [0.2, 0.25) is 11.8 Å². The van der Waals surface area contributed by atoms with E-state index >= 15 is 0 Å². The second-order valence-corrected chi connectivity index (χ2v) is 9.54. The summed E-state index contributed by atoms with van der Waals surface area (Å²) < 4.78 is 30.1. The number of amides is 2. The molecule has 0 radical (unpaired) electrons. The van der Waals surface area contributed by atoms with Gasteiger partial charge in [0.15, 0.2) is 9.84 Å². The molecule has 8 nitrogen and oxygen atoms in total. The minimum Gasteiger partial charge on any atom is -0.462 e. The molecular weight excluding hydrogens is 428 g/mol. The quantitative estimate of drug-likeness (QED) is 0.625. The number of benzene rings is 2. The van der Waals surface area contributed by atoms with Gasteiger partial charge in [0.25, 0.3) is 0 Å². The first-order valence-corrected chi connectivity index (χ1v) is 11.8. The molecule has 1 aliphatic heterocycles. The number of rotatable bonds is 7. The topological polar surface area (TPSA) is 119 Å². The van der Waals surface area contributed by atoms with Crippen LogP contribution in [0.25, 0.3) is 0 Å². The fraction of sp³-hybridized carbons (Fsp3) is 0.250. The number of carbonyl (C=O) groups is 3. The summed E-state index contributed by atoms with van der Waals surface area (Å²) in [4.78, 5) is 36.4.